The van der Waals surface area contributed by atoms with Crippen molar-refractivity contribution in [3.8, 4) is 11.5 Å². The van der Waals surface area contributed by atoms with Crippen LogP contribution in [0.2, 0.25) is 5.02 Å². The first kappa shape index (κ1) is 15.6. The Morgan fingerprint density at radius 3 is 2.74 bits per heavy atom. The Bertz CT molecular complexity index is 831. The van der Waals surface area contributed by atoms with Crippen LogP contribution >= 0.6 is 22.9 Å². The summed E-state index contributed by atoms with van der Waals surface area (Å²) in [6.45, 7) is 0. The molecule has 1 aromatic heterocycles. The summed E-state index contributed by atoms with van der Waals surface area (Å²) in [5, 5.41) is 5.36. The molecule has 0 radical (unpaired) electrons. The Balaban J connectivity index is 1.80. The van der Waals surface area contributed by atoms with Crippen LogP contribution in [0.5, 0.6) is 11.5 Å². The minimum Gasteiger partial charge on any atom is -0.493 e. The largest absolute Gasteiger partial charge is 0.493 e. The molecule has 0 aliphatic heterocycles. The van der Waals surface area contributed by atoms with Gasteiger partial charge in [0.2, 0.25) is 5.13 Å². The van der Waals surface area contributed by atoms with Crippen LogP contribution in [0.25, 0.3) is 10.2 Å². The average molecular weight is 348 g/mol. The van der Waals surface area contributed by atoms with Crippen LogP contribution in [0.3, 0.4) is 0 Å². The van der Waals surface area contributed by atoms with Crippen molar-refractivity contribution >= 4 is 44.5 Å². The van der Waals surface area contributed by atoms with Crippen LogP contribution in [0.4, 0.5) is 5.13 Å². The number of hydrogen-bond acceptors (Lipinski definition) is 6. The van der Waals surface area contributed by atoms with Gasteiger partial charge in [-0.3, -0.25) is 5.43 Å². The van der Waals surface area contributed by atoms with E-state index in [2.05, 4.69) is 15.5 Å². The maximum Gasteiger partial charge on any atom is 0.204 e. The zero-order valence-electron chi connectivity index (χ0n) is 12.5. The number of nitrogens with one attached hydrogen (secondary N) is 1. The molecule has 5 nitrogen and oxygen atoms in total. The van der Waals surface area contributed by atoms with Gasteiger partial charge in [-0.25, -0.2) is 4.98 Å². The summed E-state index contributed by atoms with van der Waals surface area (Å²) in [6, 6.07) is 11.5. The molecule has 0 saturated carbocycles. The zero-order valence-corrected chi connectivity index (χ0v) is 14.1. The minimum atomic E-state index is 0.446. The Kier molecular flexibility index (Phi) is 4.64. The number of hydrogen-bond donors (Lipinski definition) is 1. The topological polar surface area (TPSA) is 55.7 Å². The smallest absolute Gasteiger partial charge is 0.204 e. The monoisotopic (exact) mass is 347 g/mol. The summed E-state index contributed by atoms with van der Waals surface area (Å²) in [5.41, 5.74) is 4.59. The summed E-state index contributed by atoms with van der Waals surface area (Å²) in [7, 11) is 3.11. The second-order valence-electron chi connectivity index (χ2n) is 4.56. The molecule has 1 N–H and O–H groups in total. The summed E-state index contributed by atoms with van der Waals surface area (Å²) in [5.74, 6) is 1.06. The van der Waals surface area contributed by atoms with E-state index in [1.54, 1.807) is 26.5 Å². The highest BCUT2D eigenvalue weighted by molar-refractivity contribution is 7.22. The van der Waals surface area contributed by atoms with Gasteiger partial charge in [-0.1, -0.05) is 35.1 Å². The molecule has 0 atom stereocenters. The van der Waals surface area contributed by atoms with Crippen LogP contribution in [0.1, 0.15) is 5.56 Å². The maximum absolute atomic E-state index is 6.30. The van der Waals surface area contributed by atoms with E-state index in [0.29, 0.717) is 16.5 Å². The first-order valence-electron chi connectivity index (χ1n) is 6.78. The number of aromatic nitrogens is 1. The Hall–Kier alpha value is -2.31. The van der Waals surface area contributed by atoms with Crippen LogP contribution < -0.4 is 14.9 Å². The van der Waals surface area contributed by atoms with E-state index in [1.807, 2.05) is 30.3 Å². The van der Waals surface area contributed by atoms with Crippen molar-refractivity contribution in [2.75, 3.05) is 19.6 Å². The number of rotatable bonds is 5. The lowest BCUT2D eigenvalue weighted by atomic mass is 10.2. The number of benzene rings is 2. The summed E-state index contributed by atoms with van der Waals surface area (Å²) in [4.78, 5) is 4.44. The van der Waals surface area contributed by atoms with Gasteiger partial charge in [0.25, 0.3) is 0 Å². The number of anilines is 1. The molecule has 118 valence electrons. The van der Waals surface area contributed by atoms with E-state index in [-0.39, 0.29) is 0 Å². The second kappa shape index (κ2) is 6.85. The normalized spacial score (nSPS) is 11.1. The Labute approximate surface area is 142 Å². The van der Waals surface area contributed by atoms with Gasteiger partial charge in [-0.05, 0) is 24.3 Å². The van der Waals surface area contributed by atoms with Crippen molar-refractivity contribution in [3.63, 3.8) is 0 Å². The van der Waals surface area contributed by atoms with E-state index in [9.17, 15) is 0 Å². The van der Waals surface area contributed by atoms with Gasteiger partial charge >= 0.3 is 0 Å². The van der Waals surface area contributed by atoms with Gasteiger partial charge in [-0.2, -0.15) is 5.10 Å². The number of ether oxygens (including phenoxy) is 2. The molecule has 3 rings (SSSR count). The molecule has 23 heavy (non-hydrogen) atoms. The highest BCUT2D eigenvalue weighted by Crippen LogP contribution is 2.36. The first-order valence-corrected chi connectivity index (χ1v) is 7.97. The van der Waals surface area contributed by atoms with Crippen LogP contribution in [-0.2, 0) is 0 Å². The number of thiazole rings is 1. The van der Waals surface area contributed by atoms with Crippen molar-refractivity contribution < 1.29 is 9.47 Å². The number of hydrazone groups is 1. The third kappa shape index (κ3) is 3.23. The third-order valence-electron chi connectivity index (χ3n) is 3.17. The molecule has 0 aliphatic rings. The molecule has 0 amide bonds. The van der Waals surface area contributed by atoms with E-state index in [0.717, 1.165) is 20.9 Å². The van der Waals surface area contributed by atoms with E-state index in [1.165, 1.54) is 11.3 Å². The predicted octanol–water partition coefficient (Wildman–Crippen LogP) is 4.41. The fourth-order valence-electron chi connectivity index (χ4n) is 2.08. The van der Waals surface area contributed by atoms with Gasteiger partial charge in [0, 0.05) is 5.56 Å². The van der Waals surface area contributed by atoms with E-state index >= 15 is 0 Å². The quantitative estimate of drug-likeness (QED) is 0.548. The van der Waals surface area contributed by atoms with E-state index in [4.69, 9.17) is 21.1 Å². The van der Waals surface area contributed by atoms with Crippen LogP contribution in [0, 0.1) is 0 Å². The number of halogens is 1. The lowest BCUT2D eigenvalue weighted by Gasteiger charge is -2.10. The van der Waals surface area contributed by atoms with Gasteiger partial charge in [0.1, 0.15) is 0 Å². The van der Waals surface area contributed by atoms with Crippen molar-refractivity contribution in [2.24, 2.45) is 5.10 Å². The fraction of sp³-hybridized carbons (Fsp3) is 0.125. The maximum atomic E-state index is 6.30. The predicted molar refractivity (Wildman–Crippen MR) is 95.4 cm³/mol. The number of methoxy groups -OCH3 is 2. The Morgan fingerprint density at radius 1 is 1.17 bits per heavy atom. The van der Waals surface area contributed by atoms with Crippen molar-refractivity contribution in [1.82, 2.24) is 4.98 Å². The summed E-state index contributed by atoms with van der Waals surface area (Å²) >= 11 is 7.84. The molecule has 1 heterocycles. The number of fused-ring (bicyclic) bond motifs is 1. The second-order valence-corrected chi connectivity index (χ2v) is 5.97. The fourth-order valence-corrected chi connectivity index (χ4v) is 3.18. The molecule has 3 aromatic rings. The lowest BCUT2D eigenvalue weighted by molar-refractivity contribution is 0.355. The molecular formula is C16H14ClN3O2S. The number of nitrogens with zero attached hydrogens (tertiary/aromatic N) is 2. The first-order chi connectivity index (χ1) is 11.2. The van der Waals surface area contributed by atoms with E-state index < -0.39 is 0 Å². The minimum absolute atomic E-state index is 0.446. The highest BCUT2D eigenvalue weighted by atomic mass is 35.5. The zero-order chi connectivity index (χ0) is 16.2. The molecule has 0 saturated heterocycles. The highest BCUT2D eigenvalue weighted by Gasteiger charge is 2.11. The molecule has 0 fully saturated rings. The van der Waals surface area contributed by atoms with Crippen molar-refractivity contribution in [3.05, 3.63) is 47.0 Å². The summed E-state index contributed by atoms with van der Waals surface area (Å²) < 4.78 is 11.6. The van der Waals surface area contributed by atoms with Gasteiger partial charge in [0.05, 0.1) is 35.7 Å². The SMILES string of the molecule is COc1ccc(/C=N\Nc2nc3ccccc3s2)c(Cl)c1OC. The third-order valence-corrected chi connectivity index (χ3v) is 4.50. The molecule has 0 aliphatic carbocycles. The number of para-hydroxylation sites is 1. The Morgan fingerprint density at radius 2 is 2.00 bits per heavy atom. The van der Waals surface area contributed by atoms with Gasteiger partial charge in [-0.15, -0.1) is 0 Å². The molecule has 0 bridgehead atoms. The van der Waals surface area contributed by atoms with Crippen LogP contribution in [-0.4, -0.2) is 25.4 Å². The lowest BCUT2D eigenvalue weighted by Crippen LogP contribution is -1.95. The van der Waals surface area contributed by atoms with Crippen molar-refractivity contribution in [2.45, 2.75) is 0 Å². The standard InChI is InChI=1S/C16H14ClN3O2S/c1-21-12-8-7-10(14(17)15(12)22-2)9-18-20-16-19-11-5-3-4-6-13(11)23-16/h3-9H,1-2H3,(H,19,20)/b18-9-. The molecular weight excluding hydrogens is 334 g/mol. The van der Waals surface area contributed by atoms with Crippen LogP contribution in [0.15, 0.2) is 41.5 Å². The molecule has 0 unspecified atom stereocenters. The van der Waals surface area contributed by atoms with Gasteiger partial charge < -0.3 is 9.47 Å². The molecule has 2 aromatic carbocycles. The molecule has 0 spiro atoms. The van der Waals surface area contributed by atoms with Crippen molar-refractivity contribution in [1.29, 1.82) is 0 Å². The average Bonchev–Trinajstić information content (AvgIpc) is 2.98. The van der Waals surface area contributed by atoms with Gasteiger partial charge in [0.15, 0.2) is 11.5 Å². The molecule has 7 heteroatoms. The summed E-state index contributed by atoms with van der Waals surface area (Å²) in [6.07, 6.45) is 1.62.